The van der Waals surface area contributed by atoms with E-state index in [9.17, 15) is 8.42 Å². The van der Waals surface area contributed by atoms with Crippen molar-refractivity contribution in [2.24, 2.45) is 0 Å². The zero-order chi connectivity index (χ0) is 13.4. The molecule has 0 spiro atoms. The lowest BCUT2D eigenvalue weighted by Gasteiger charge is -2.08. The van der Waals surface area contributed by atoms with E-state index in [-0.39, 0.29) is 17.1 Å². The minimum atomic E-state index is -3.60. The Balaban J connectivity index is 2.44. The van der Waals surface area contributed by atoms with Crippen LogP contribution in [0.2, 0.25) is 0 Å². The SMILES string of the molecule is CCCCOCCNS(=O)(=O)c1cnccc1N. The minimum absolute atomic E-state index is 0.00134. The van der Waals surface area contributed by atoms with Gasteiger partial charge in [0, 0.05) is 25.5 Å². The van der Waals surface area contributed by atoms with Crippen molar-refractivity contribution >= 4 is 15.7 Å². The number of aromatic nitrogens is 1. The Morgan fingerprint density at radius 3 is 2.89 bits per heavy atom. The predicted octanol–water partition coefficient (Wildman–Crippen LogP) is 0.759. The molecule has 1 rings (SSSR count). The third-order valence-electron chi connectivity index (χ3n) is 2.29. The third-order valence-corrected chi connectivity index (χ3v) is 3.79. The van der Waals surface area contributed by atoms with E-state index in [1.807, 2.05) is 0 Å². The van der Waals surface area contributed by atoms with Gasteiger partial charge in [-0.05, 0) is 12.5 Å². The second kappa shape index (κ2) is 7.30. The predicted molar refractivity (Wildman–Crippen MR) is 69.6 cm³/mol. The van der Waals surface area contributed by atoms with Gasteiger partial charge in [-0.2, -0.15) is 0 Å². The van der Waals surface area contributed by atoms with Gasteiger partial charge in [0.2, 0.25) is 10.0 Å². The maximum atomic E-state index is 11.9. The Labute approximate surface area is 108 Å². The molecule has 0 saturated carbocycles. The number of nitrogens with two attached hydrogens (primary N) is 1. The fourth-order valence-electron chi connectivity index (χ4n) is 1.29. The molecule has 18 heavy (non-hydrogen) atoms. The Morgan fingerprint density at radius 2 is 2.22 bits per heavy atom. The molecule has 0 atom stereocenters. The summed E-state index contributed by atoms with van der Waals surface area (Å²) in [6.07, 6.45) is 4.71. The highest BCUT2D eigenvalue weighted by atomic mass is 32.2. The first-order valence-corrected chi connectivity index (χ1v) is 7.33. The van der Waals surface area contributed by atoms with Crippen LogP contribution in [0, 0.1) is 0 Å². The van der Waals surface area contributed by atoms with E-state index < -0.39 is 10.0 Å². The fraction of sp³-hybridized carbons (Fsp3) is 0.545. The highest BCUT2D eigenvalue weighted by Crippen LogP contribution is 2.14. The van der Waals surface area contributed by atoms with Crippen LogP contribution >= 0.6 is 0 Å². The molecule has 0 amide bonds. The zero-order valence-electron chi connectivity index (χ0n) is 10.4. The molecule has 0 aliphatic heterocycles. The molecule has 0 saturated heterocycles. The highest BCUT2D eigenvalue weighted by molar-refractivity contribution is 7.89. The molecule has 0 aromatic carbocycles. The topological polar surface area (TPSA) is 94.3 Å². The zero-order valence-corrected chi connectivity index (χ0v) is 11.2. The van der Waals surface area contributed by atoms with E-state index in [1.165, 1.54) is 18.5 Å². The van der Waals surface area contributed by atoms with E-state index in [2.05, 4.69) is 16.6 Å². The number of sulfonamides is 1. The summed E-state index contributed by atoms with van der Waals surface area (Å²) in [7, 11) is -3.60. The highest BCUT2D eigenvalue weighted by Gasteiger charge is 2.16. The van der Waals surface area contributed by atoms with Crippen LogP contribution in [0.5, 0.6) is 0 Å². The number of ether oxygens (including phenoxy) is 1. The van der Waals surface area contributed by atoms with Crippen LogP contribution < -0.4 is 10.5 Å². The van der Waals surface area contributed by atoms with Crippen molar-refractivity contribution < 1.29 is 13.2 Å². The molecule has 0 aliphatic rings. The number of unbranched alkanes of at least 4 members (excludes halogenated alkanes) is 1. The number of hydrogen-bond acceptors (Lipinski definition) is 5. The average Bonchev–Trinajstić information content (AvgIpc) is 2.34. The molecule has 1 aromatic heterocycles. The van der Waals surface area contributed by atoms with Gasteiger partial charge in [0.05, 0.1) is 12.3 Å². The normalized spacial score (nSPS) is 11.6. The van der Waals surface area contributed by atoms with Gasteiger partial charge in [-0.25, -0.2) is 13.1 Å². The first-order valence-electron chi connectivity index (χ1n) is 5.85. The summed E-state index contributed by atoms with van der Waals surface area (Å²) in [6, 6.07) is 1.45. The summed E-state index contributed by atoms with van der Waals surface area (Å²) in [5.74, 6) is 0. The van der Waals surface area contributed by atoms with Crippen LogP contribution in [-0.4, -0.2) is 33.2 Å². The number of rotatable bonds is 8. The van der Waals surface area contributed by atoms with Crippen LogP contribution in [0.4, 0.5) is 5.69 Å². The maximum absolute atomic E-state index is 11.9. The standard InChI is InChI=1S/C11H19N3O3S/c1-2-3-7-17-8-6-14-18(15,16)11-9-13-5-4-10(11)12/h4-5,9,14H,2-3,6-8H2,1H3,(H2,12,13). The van der Waals surface area contributed by atoms with Gasteiger partial charge in [0.15, 0.2) is 0 Å². The first kappa shape index (κ1) is 14.9. The van der Waals surface area contributed by atoms with Crippen LogP contribution in [0.3, 0.4) is 0 Å². The second-order valence-electron chi connectivity index (χ2n) is 3.78. The molecule has 7 heteroatoms. The molecule has 102 valence electrons. The number of hydrogen-bond donors (Lipinski definition) is 2. The summed E-state index contributed by atoms with van der Waals surface area (Å²) < 4.78 is 31.4. The molecule has 1 aromatic rings. The van der Waals surface area contributed by atoms with E-state index >= 15 is 0 Å². The molecule has 1 heterocycles. The smallest absolute Gasteiger partial charge is 0.244 e. The number of nitrogen functional groups attached to an aromatic ring is 1. The number of nitrogens with zero attached hydrogens (tertiary/aromatic N) is 1. The fourth-order valence-corrected chi connectivity index (χ4v) is 2.38. The first-order chi connectivity index (χ1) is 8.58. The molecule has 3 N–H and O–H groups in total. The van der Waals surface area contributed by atoms with Crippen molar-refractivity contribution in [3.05, 3.63) is 18.5 Å². The maximum Gasteiger partial charge on any atom is 0.244 e. The lowest BCUT2D eigenvalue weighted by atomic mass is 10.4. The van der Waals surface area contributed by atoms with Gasteiger partial charge >= 0.3 is 0 Å². The van der Waals surface area contributed by atoms with Crippen molar-refractivity contribution in [2.45, 2.75) is 24.7 Å². The Kier molecular flexibility index (Phi) is 6.03. The molecule has 0 radical (unpaired) electrons. The molecule has 6 nitrogen and oxygen atoms in total. The van der Waals surface area contributed by atoms with Crippen molar-refractivity contribution in [3.63, 3.8) is 0 Å². The minimum Gasteiger partial charge on any atom is -0.398 e. The summed E-state index contributed by atoms with van der Waals surface area (Å²) in [4.78, 5) is 3.75. The lowest BCUT2D eigenvalue weighted by molar-refractivity contribution is 0.136. The average molecular weight is 273 g/mol. The van der Waals surface area contributed by atoms with Gasteiger partial charge < -0.3 is 10.5 Å². The number of nitrogens with one attached hydrogen (secondary N) is 1. The summed E-state index contributed by atoms with van der Waals surface area (Å²) >= 11 is 0. The largest absolute Gasteiger partial charge is 0.398 e. The van der Waals surface area contributed by atoms with Gasteiger partial charge in [0.1, 0.15) is 4.90 Å². The van der Waals surface area contributed by atoms with E-state index in [0.29, 0.717) is 13.2 Å². The molecular weight excluding hydrogens is 254 g/mol. The monoisotopic (exact) mass is 273 g/mol. The van der Waals surface area contributed by atoms with Crippen LogP contribution in [0.1, 0.15) is 19.8 Å². The molecular formula is C11H19N3O3S. The van der Waals surface area contributed by atoms with Gasteiger partial charge in [0.25, 0.3) is 0 Å². The van der Waals surface area contributed by atoms with E-state index in [1.54, 1.807) is 0 Å². The molecule has 0 fully saturated rings. The quantitative estimate of drug-likeness (QED) is 0.682. The van der Waals surface area contributed by atoms with Crippen LogP contribution in [0.15, 0.2) is 23.4 Å². The van der Waals surface area contributed by atoms with E-state index in [4.69, 9.17) is 10.5 Å². The van der Waals surface area contributed by atoms with Gasteiger partial charge in [-0.15, -0.1) is 0 Å². The lowest BCUT2D eigenvalue weighted by Crippen LogP contribution is -2.28. The van der Waals surface area contributed by atoms with Gasteiger partial charge in [-0.1, -0.05) is 13.3 Å². The number of anilines is 1. The van der Waals surface area contributed by atoms with Crippen molar-refractivity contribution in [1.29, 1.82) is 0 Å². The summed E-state index contributed by atoms with van der Waals surface area (Å²) in [5, 5.41) is 0. The van der Waals surface area contributed by atoms with Crippen molar-refractivity contribution in [3.8, 4) is 0 Å². The molecule has 0 aliphatic carbocycles. The van der Waals surface area contributed by atoms with Crippen LogP contribution in [-0.2, 0) is 14.8 Å². The summed E-state index contributed by atoms with van der Waals surface area (Å²) in [6.45, 7) is 3.28. The van der Waals surface area contributed by atoms with Crippen molar-refractivity contribution in [2.75, 3.05) is 25.5 Å². The molecule has 0 unspecified atom stereocenters. The number of pyridine rings is 1. The second-order valence-corrected chi connectivity index (χ2v) is 5.51. The van der Waals surface area contributed by atoms with Gasteiger partial charge in [-0.3, -0.25) is 4.98 Å². The van der Waals surface area contributed by atoms with E-state index in [0.717, 1.165) is 12.8 Å². The molecule has 0 bridgehead atoms. The Hall–Kier alpha value is -1.18. The summed E-state index contributed by atoms with van der Waals surface area (Å²) in [5.41, 5.74) is 5.77. The van der Waals surface area contributed by atoms with Crippen molar-refractivity contribution in [1.82, 2.24) is 9.71 Å². The Morgan fingerprint density at radius 1 is 1.44 bits per heavy atom. The van der Waals surface area contributed by atoms with Crippen LogP contribution in [0.25, 0.3) is 0 Å². The Bertz CT molecular complexity index is 462. The third kappa shape index (κ3) is 4.59.